The Kier molecular flexibility index (Phi) is 17.9. The van der Waals surface area contributed by atoms with E-state index in [2.05, 4.69) is 36.0 Å². The molecule has 1 N–H and O–H groups in total. The second-order valence-corrected chi connectivity index (χ2v) is 6.84. The van der Waals surface area contributed by atoms with E-state index in [9.17, 15) is 14.7 Å². The molecule has 0 rings (SSSR count). The molecule has 154 valence electrons. The molecule has 0 aromatic rings. The summed E-state index contributed by atoms with van der Waals surface area (Å²) < 4.78 is 4.66. The van der Waals surface area contributed by atoms with Crippen LogP contribution >= 0.6 is 0 Å². The quantitative estimate of drug-likeness (QED) is 0.158. The van der Waals surface area contributed by atoms with Crippen molar-refractivity contribution in [3.8, 4) is 0 Å². The first-order valence-corrected chi connectivity index (χ1v) is 10.4. The Morgan fingerprint density at radius 1 is 0.889 bits per heavy atom. The summed E-state index contributed by atoms with van der Waals surface area (Å²) in [6, 6.07) is 0. The van der Waals surface area contributed by atoms with E-state index in [1.54, 1.807) is 0 Å². The maximum Gasteiger partial charge on any atom is 0.302 e. The van der Waals surface area contributed by atoms with Crippen LogP contribution in [0.3, 0.4) is 0 Å². The van der Waals surface area contributed by atoms with Gasteiger partial charge in [0.15, 0.2) is 5.78 Å². The van der Waals surface area contributed by atoms with Gasteiger partial charge in [-0.15, -0.1) is 0 Å². The fourth-order valence-electron chi connectivity index (χ4n) is 2.51. The van der Waals surface area contributed by atoms with Gasteiger partial charge in [0.05, 0.1) is 6.10 Å². The summed E-state index contributed by atoms with van der Waals surface area (Å²) in [5, 5.41) is 9.55. The van der Waals surface area contributed by atoms with E-state index in [0.29, 0.717) is 0 Å². The third-order valence-electron chi connectivity index (χ3n) is 4.04. The van der Waals surface area contributed by atoms with Crippen LogP contribution in [0.15, 0.2) is 36.5 Å². The van der Waals surface area contributed by atoms with Gasteiger partial charge in [-0.25, -0.2) is 0 Å². The van der Waals surface area contributed by atoms with Gasteiger partial charge in [-0.2, -0.15) is 0 Å². The second-order valence-electron chi connectivity index (χ2n) is 6.84. The molecule has 0 saturated carbocycles. The van der Waals surface area contributed by atoms with Crippen molar-refractivity contribution in [3.05, 3.63) is 36.5 Å². The first-order valence-electron chi connectivity index (χ1n) is 10.4. The molecule has 0 radical (unpaired) electrons. The molecule has 0 aliphatic heterocycles. The first kappa shape index (κ1) is 25.3. The number of esters is 1. The van der Waals surface area contributed by atoms with E-state index in [1.807, 2.05) is 6.08 Å². The average Bonchev–Trinajstić information content (AvgIpc) is 2.63. The minimum Gasteiger partial charge on any atom is -0.463 e. The molecule has 0 aromatic heterocycles. The van der Waals surface area contributed by atoms with E-state index in [1.165, 1.54) is 45.1 Å². The van der Waals surface area contributed by atoms with Gasteiger partial charge in [0, 0.05) is 13.3 Å². The molecule has 27 heavy (non-hydrogen) atoms. The van der Waals surface area contributed by atoms with Crippen molar-refractivity contribution in [2.45, 2.75) is 90.6 Å². The van der Waals surface area contributed by atoms with Crippen LogP contribution in [-0.2, 0) is 14.3 Å². The van der Waals surface area contributed by atoms with Gasteiger partial charge in [0.2, 0.25) is 0 Å². The topological polar surface area (TPSA) is 63.6 Å². The SMILES string of the molecule is CCCCC/C=C\C/C=C\CCCCC/C=C/C(=O)CC(O)COC(C)=O. The number of hydrogen-bond donors (Lipinski definition) is 1. The number of aliphatic hydroxyl groups is 1. The highest BCUT2D eigenvalue weighted by Crippen LogP contribution is 2.06. The summed E-state index contributed by atoms with van der Waals surface area (Å²) in [5.74, 6) is -0.592. The molecule has 0 aliphatic rings. The van der Waals surface area contributed by atoms with Crippen molar-refractivity contribution < 1.29 is 19.4 Å². The molecule has 0 saturated heterocycles. The molecule has 0 amide bonds. The minimum atomic E-state index is -0.927. The van der Waals surface area contributed by atoms with Gasteiger partial charge in [-0.1, -0.05) is 56.6 Å². The van der Waals surface area contributed by atoms with Crippen molar-refractivity contribution in [1.29, 1.82) is 0 Å². The maximum atomic E-state index is 11.6. The minimum absolute atomic E-state index is 0.0123. The number of ether oxygens (including phenoxy) is 1. The zero-order chi connectivity index (χ0) is 20.2. The standard InChI is InChI=1S/C23H38O4/c1-3-4-5-6-7-8-9-10-11-12-13-14-15-16-17-18-22(25)19-23(26)20-27-21(2)24/h7-8,10-11,17-18,23,26H,3-6,9,12-16,19-20H2,1-2H3/b8-7-,11-10-,18-17+. The van der Waals surface area contributed by atoms with Crippen LogP contribution in [0, 0.1) is 0 Å². The van der Waals surface area contributed by atoms with Crippen LogP contribution in [0.1, 0.15) is 84.5 Å². The predicted octanol–water partition coefficient (Wildman–Crippen LogP) is 5.46. The van der Waals surface area contributed by atoms with Gasteiger partial charge in [-0.3, -0.25) is 9.59 Å². The highest BCUT2D eigenvalue weighted by atomic mass is 16.5. The molecule has 0 heterocycles. The van der Waals surface area contributed by atoms with E-state index in [4.69, 9.17) is 0 Å². The summed E-state index contributed by atoms with van der Waals surface area (Å²) >= 11 is 0. The summed E-state index contributed by atoms with van der Waals surface area (Å²) in [5.41, 5.74) is 0. The van der Waals surface area contributed by atoms with Gasteiger partial charge in [0.1, 0.15) is 6.61 Å². The monoisotopic (exact) mass is 378 g/mol. The fourth-order valence-corrected chi connectivity index (χ4v) is 2.51. The molecular weight excluding hydrogens is 340 g/mol. The molecule has 4 heteroatoms. The van der Waals surface area contributed by atoms with Gasteiger partial charge in [0.25, 0.3) is 0 Å². The maximum absolute atomic E-state index is 11.6. The Morgan fingerprint density at radius 2 is 1.48 bits per heavy atom. The predicted molar refractivity (Wildman–Crippen MR) is 112 cm³/mol. The zero-order valence-electron chi connectivity index (χ0n) is 17.2. The van der Waals surface area contributed by atoms with Crippen LogP contribution in [0.5, 0.6) is 0 Å². The van der Waals surface area contributed by atoms with Crippen molar-refractivity contribution in [2.24, 2.45) is 0 Å². The van der Waals surface area contributed by atoms with Crippen LogP contribution < -0.4 is 0 Å². The number of aliphatic hydroxyl groups excluding tert-OH is 1. The normalized spacial score (nSPS) is 13.0. The lowest BCUT2D eigenvalue weighted by Gasteiger charge is -2.07. The molecule has 0 aliphatic carbocycles. The third-order valence-corrected chi connectivity index (χ3v) is 4.04. The summed E-state index contributed by atoms with van der Waals surface area (Å²) in [4.78, 5) is 22.3. The van der Waals surface area contributed by atoms with Gasteiger partial charge in [-0.05, 0) is 51.0 Å². The molecule has 0 aromatic carbocycles. The number of unbranched alkanes of at least 4 members (excludes halogenated alkanes) is 7. The molecule has 0 fully saturated rings. The smallest absolute Gasteiger partial charge is 0.302 e. The lowest BCUT2D eigenvalue weighted by atomic mass is 10.1. The number of carbonyl (C=O) groups excluding carboxylic acids is 2. The molecule has 4 nitrogen and oxygen atoms in total. The molecule has 1 atom stereocenters. The van der Waals surface area contributed by atoms with Crippen molar-refractivity contribution in [2.75, 3.05) is 6.61 Å². The molecule has 0 spiro atoms. The Hall–Kier alpha value is -1.68. The zero-order valence-corrected chi connectivity index (χ0v) is 17.2. The van der Waals surface area contributed by atoms with Crippen LogP contribution in [0.4, 0.5) is 0 Å². The number of carbonyl (C=O) groups is 2. The number of ketones is 1. The van der Waals surface area contributed by atoms with E-state index in [0.717, 1.165) is 32.1 Å². The summed E-state index contributed by atoms with van der Waals surface area (Å²) in [6.45, 7) is 3.37. The van der Waals surface area contributed by atoms with Gasteiger partial charge < -0.3 is 9.84 Å². The fraction of sp³-hybridized carbons (Fsp3) is 0.652. The second kappa shape index (κ2) is 19.1. The number of rotatable bonds is 17. The van der Waals surface area contributed by atoms with Crippen molar-refractivity contribution in [3.63, 3.8) is 0 Å². The Labute approximate surface area is 165 Å². The highest BCUT2D eigenvalue weighted by Gasteiger charge is 2.09. The third kappa shape index (κ3) is 20.5. The van der Waals surface area contributed by atoms with E-state index < -0.39 is 12.1 Å². The average molecular weight is 379 g/mol. The Balaban J connectivity index is 3.52. The lowest BCUT2D eigenvalue weighted by Crippen LogP contribution is -2.20. The summed E-state index contributed by atoms with van der Waals surface area (Å²) in [6.07, 6.45) is 22.9. The highest BCUT2D eigenvalue weighted by molar-refractivity contribution is 5.89. The molecule has 0 bridgehead atoms. The van der Waals surface area contributed by atoms with Crippen LogP contribution in [0.25, 0.3) is 0 Å². The van der Waals surface area contributed by atoms with Gasteiger partial charge >= 0.3 is 5.97 Å². The van der Waals surface area contributed by atoms with Crippen LogP contribution in [-0.4, -0.2) is 29.6 Å². The number of allylic oxidation sites excluding steroid dienone is 6. The lowest BCUT2D eigenvalue weighted by molar-refractivity contribution is -0.144. The largest absolute Gasteiger partial charge is 0.463 e. The van der Waals surface area contributed by atoms with Crippen molar-refractivity contribution in [1.82, 2.24) is 0 Å². The summed E-state index contributed by atoms with van der Waals surface area (Å²) in [7, 11) is 0. The van der Waals surface area contributed by atoms with Crippen LogP contribution in [0.2, 0.25) is 0 Å². The Morgan fingerprint density at radius 3 is 2.07 bits per heavy atom. The Bertz CT molecular complexity index is 463. The molecular formula is C23H38O4. The van der Waals surface area contributed by atoms with E-state index >= 15 is 0 Å². The van der Waals surface area contributed by atoms with E-state index in [-0.39, 0.29) is 18.8 Å². The molecule has 1 unspecified atom stereocenters. The first-order chi connectivity index (χ1) is 13.1. The van der Waals surface area contributed by atoms with Crippen molar-refractivity contribution >= 4 is 11.8 Å². The number of hydrogen-bond acceptors (Lipinski definition) is 4.